The zero-order valence-electron chi connectivity index (χ0n) is 56.4. The van der Waals surface area contributed by atoms with Gasteiger partial charge in [-0.15, -0.1) is 0 Å². The maximum atomic E-state index is 14.2. The van der Waals surface area contributed by atoms with Crippen LogP contribution in [0.1, 0.15) is 125 Å². The molecule has 0 aliphatic carbocycles. The summed E-state index contributed by atoms with van der Waals surface area (Å²) in [5.41, 5.74) is 2.85. The molecule has 3 aliphatic rings. The summed E-state index contributed by atoms with van der Waals surface area (Å²) < 4.78 is 125. The second kappa shape index (κ2) is 27.6. The summed E-state index contributed by atoms with van der Waals surface area (Å²) in [5.74, 6) is -3.76. The molecule has 24 nitrogen and oxygen atoms in total. The number of carbonyl (C=O) groups is 3. The van der Waals surface area contributed by atoms with Crippen LogP contribution < -0.4 is 17.3 Å². The highest BCUT2D eigenvalue weighted by Crippen LogP contribution is 2.54. The Hall–Kier alpha value is -9.50. The molecule has 9 aromatic rings. The van der Waals surface area contributed by atoms with Crippen molar-refractivity contribution in [3.63, 3.8) is 0 Å². The first-order valence-electron chi connectivity index (χ1n) is 31.3. The minimum Gasteiger partial charge on any atom is -0.541 e. The van der Waals surface area contributed by atoms with Gasteiger partial charge >= 0.3 is 0 Å². The van der Waals surface area contributed by atoms with E-state index in [9.17, 15) is 78.3 Å². The molecule has 100 heavy (non-hydrogen) atoms. The van der Waals surface area contributed by atoms with Gasteiger partial charge in [0.2, 0.25) is 30.1 Å². The summed E-state index contributed by atoms with van der Waals surface area (Å²) in [4.78, 5) is 56.6. The lowest BCUT2D eigenvalue weighted by atomic mass is 10.0. The van der Waals surface area contributed by atoms with E-state index in [-0.39, 0.29) is 114 Å². The minimum atomic E-state index is -3.79. The van der Waals surface area contributed by atoms with Crippen LogP contribution in [0.5, 0.6) is 17.2 Å². The number of aliphatic hydroxyl groups excluding tert-OH is 3. The van der Waals surface area contributed by atoms with E-state index in [0.717, 1.165) is 41.5 Å². The number of aliphatic hydroxyl groups is 3. The van der Waals surface area contributed by atoms with Gasteiger partial charge in [0.1, 0.15) is 39.8 Å². The fraction of sp³-hybridized carbons (Fsp3) is 0.304. The predicted octanol–water partition coefficient (Wildman–Crippen LogP) is 10.2. The standard InChI is InChI=1S/C29H38FN3O5SSi.2C20H18FN3O5S/c1-17(2)40(18(3)4,19(5)6)38-27-24-23(26(32(7)39(8,36)37)22-10-9-15-31-25(22)27)28(34)33(29(24)35)16-20-11-13-21(30)14-12-20;2*1-23(30(2,28)29)17-13-4-3-9-22-16(13)18(25)15-14(17)19(26)24(20(15)27)10-11-5-7-12(21)8-6-11/h9-15,17-19,28,34H,16H2,1-8H3;2*3-9,19,25-26H,10H2,1-2H3. The molecule has 3 atom stereocenters. The highest BCUT2D eigenvalue weighted by atomic mass is 32.2. The van der Waals surface area contributed by atoms with Gasteiger partial charge in [-0.25, -0.2) is 38.4 Å². The van der Waals surface area contributed by atoms with Crippen molar-refractivity contribution in [2.24, 2.45) is 0 Å². The molecule has 6 aromatic carbocycles. The number of amides is 3. The maximum absolute atomic E-state index is 14.2. The number of phenols is 2. The van der Waals surface area contributed by atoms with E-state index in [1.165, 1.54) is 99.1 Å². The Kier molecular flexibility index (Phi) is 20.2. The van der Waals surface area contributed by atoms with E-state index >= 15 is 0 Å². The van der Waals surface area contributed by atoms with E-state index in [2.05, 4.69) is 56.5 Å². The van der Waals surface area contributed by atoms with Gasteiger partial charge in [0.15, 0.2) is 30.2 Å². The molecule has 0 fully saturated rings. The van der Waals surface area contributed by atoms with Crippen LogP contribution >= 0.6 is 0 Å². The number of aromatic nitrogens is 3. The second-order valence-electron chi connectivity index (χ2n) is 25.5. The number of hydrogen-bond donors (Lipinski definition) is 5. The Balaban J connectivity index is 0.000000164. The van der Waals surface area contributed by atoms with E-state index in [0.29, 0.717) is 27.6 Å². The van der Waals surface area contributed by atoms with Gasteiger partial charge < -0.3 is 44.7 Å². The van der Waals surface area contributed by atoms with Crippen molar-refractivity contribution in [3.8, 4) is 17.2 Å². The van der Waals surface area contributed by atoms with Crippen LogP contribution in [0.25, 0.3) is 32.7 Å². The average molecular weight is 1450 g/mol. The molecule has 12 rings (SSSR count). The average Bonchev–Trinajstić information content (AvgIpc) is 1.52. The van der Waals surface area contributed by atoms with Crippen molar-refractivity contribution >= 4 is 106 Å². The molecule has 5 N–H and O–H groups in total. The highest BCUT2D eigenvalue weighted by molar-refractivity contribution is 7.92. The topological polar surface area (TPSA) is 322 Å². The molecule has 0 saturated carbocycles. The molecule has 528 valence electrons. The SMILES string of the molecule is CC(C)[Si](Oc1c2c(c(N(C)S(C)(=O)=O)c3cccnc13)C(O)N(Cc1ccc(F)cc1)C2=O)(C(C)C)C(C)C.CN(c1c2c(c(O)c3ncccc13)C(=O)N(Cc1ccc(F)cc1)C2O)S(C)(=O)=O.CN(c1c2c(c(O)c3ncccc13)C(=O)N(Cc1ccc(F)cc1)C2O)S(C)(=O)=O. The van der Waals surface area contributed by atoms with E-state index in [4.69, 9.17) is 4.43 Å². The number of sulfonamides is 3. The lowest BCUT2D eigenvalue weighted by Crippen LogP contribution is -2.51. The van der Waals surface area contributed by atoms with Crippen LogP contribution in [-0.2, 0) is 49.7 Å². The molecular formula is C69H74F3N9O15S3Si. The lowest BCUT2D eigenvalue weighted by Gasteiger charge is -2.42. The Labute approximate surface area is 577 Å². The van der Waals surface area contributed by atoms with Crippen LogP contribution in [0.15, 0.2) is 128 Å². The monoisotopic (exact) mass is 1450 g/mol. The number of aromatic hydroxyl groups is 2. The van der Waals surface area contributed by atoms with Gasteiger partial charge in [-0.05, 0) is 106 Å². The largest absolute Gasteiger partial charge is 0.541 e. The third-order valence-corrected chi connectivity index (χ3v) is 27.9. The maximum Gasteiger partial charge on any atom is 0.260 e. The van der Waals surface area contributed by atoms with Crippen LogP contribution in [-0.4, -0.2) is 146 Å². The van der Waals surface area contributed by atoms with Crippen molar-refractivity contribution in [2.45, 2.75) is 96.5 Å². The zero-order valence-corrected chi connectivity index (χ0v) is 59.9. The zero-order chi connectivity index (χ0) is 73.3. The summed E-state index contributed by atoms with van der Waals surface area (Å²) in [6, 6.07) is 26.1. The van der Waals surface area contributed by atoms with E-state index in [1.807, 2.05) is 0 Å². The number of nitrogens with zero attached hydrogens (tertiary/aromatic N) is 9. The first-order valence-corrected chi connectivity index (χ1v) is 39.0. The van der Waals surface area contributed by atoms with Crippen LogP contribution in [0.2, 0.25) is 16.6 Å². The quantitative estimate of drug-likeness (QED) is 0.0529. The molecule has 0 radical (unpaired) electrons. The number of pyridine rings is 3. The number of rotatable bonds is 17. The van der Waals surface area contributed by atoms with Crippen molar-refractivity contribution in [2.75, 3.05) is 52.8 Å². The van der Waals surface area contributed by atoms with Crippen molar-refractivity contribution in [1.82, 2.24) is 29.7 Å². The fourth-order valence-corrected chi connectivity index (χ4v) is 20.3. The number of halogens is 3. The number of carbonyl (C=O) groups excluding carboxylic acids is 3. The van der Waals surface area contributed by atoms with E-state index < -0.39 is 104 Å². The number of hydrogen-bond acceptors (Lipinski definition) is 18. The Morgan fingerprint density at radius 3 is 0.990 bits per heavy atom. The van der Waals surface area contributed by atoms with Crippen molar-refractivity contribution in [1.29, 1.82) is 0 Å². The minimum absolute atomic E-state index is 0.0126. The van der Waals surface area contributed by atoms with Gasteiger partial charge in [0, 0.05) is 92.2 Å². The number of benzene rings is 6. The molecule has 0 bridgehead atoms. The predicted molar refractivity (Wildman–Crippen MR) is 374 cm³/mol. The van der Waals surface area contributed by atoms with Gasteiger partial charge in [0.25, 0.3) is 26.0 Å². The molecule has 3 amide bonds. The number of anilines is 3. The van der Waals surface area contributed by atoms with Crippen LogP contribution in [0.4, 0.5) is 30.2 Å². The third-order valence-electron chi connectivity index (χ3n) is 18.4. The second-order valence-corrected chi connectivity index (χ2v) is 37.0. The summed E-state index contributed by atoms with van der Waals surface area (Å²) in [6.45, 7) is 12.6. The summed E-state index contributed by atoms with van der Waals surface area (Å²) in [5, 5.41) is 56.2. The molecular weight excluding hydrogens is 1380 g/mol. The van der Waals surface area contributed by atoms with Gasteiger partial charge in [-0.2, -0.15) is 0 Å². The summed E-state index contributed by atoms with van der Waals surface area (Å²) >= 11 is 0. The molecule has 3 aliphatic heterocycles. The lowest BCUT2D eigenvalue weighted by molar-refractivity contribution is 0.0132. The number of fused-ring (bicyclic) bond motifs is 6. The first-order chi connectivity index (χ1) is 46.8. The van der Waals surface area contributed by atoms with Gasteiger partial charge in [-0.3, -0.25) is 42.3 Å². The Bertz CT molecular complexity index is 4880. The van der Waals surface area contributed by atoms with Gasteiger partial charge in [0.05, 0.1) is 52.5 Å². The Morgan fingerprint density at radius 1 is 0.450 bits per heavy atom. The third kappa shape index (κ3) is 13.2. The normalized spacial score (nSPS) is 16.1. The van der Waals surface area contributed by atoms with Crippen LogP contribution in [0, 0.1) is 17.5 Å². The molecule has 3 unspecified atom stereocenters. The first kappa shape index (κ1) is 73.2. The molecule has 3 aromatic heterocycles. The summed E-state index contributed by atoms with van der Waals surface area (Å²) in [6.07, 6.45) is 2.95. The Morgan fingerprint density at radius 2 is 0.710 bits per heavy atom. The van der Waals surface area contributed by atoms with E-state index in [1.54, 1.807) is 54.7 Å². The van der Waals surface area contributed by atoms with Crippen molar-refractivity contribution < 1.29 is 82.8 Å². The van der Waals surface area contributed by atoms with Crippen molar-refractivity contribution in [3.05, 3.63) is 195 Å². The molecule has 0 saturated heterocycles. The van der Waals surface area contributed by atoms with Crippen LogP contribution in [0.3, 0.4) is 0 Å². The molecule has 0 spiro atoms. The number of phenolic OH excluding ortho intramolecular Hbond substituents is 2. The fourth-order valence-electron chi connectivity index (χ4n) is 13.5. The molecule has 6 heterocycles. The van der Waals surface area contributed by atoms with Gasteiger partial charge in [-0.1, -0.05) is 77.9 Å². The molecule has 31 heteroatoms. The smallest absolute Gasteiger partial charge is 0.260 e. The highest BCUT2D eigenvalue weighted by Gasteiger charge is 2.51. The summed E-state index contributed by atoms with van der Waals surface area (Å²) in [7, 11) is -9.95.